The van der Waals surface area contributed by atoms with Crippen molar-refractivity contribution in [2.24, 2.45) is 0 Å². The van der Waals surface area contributed by atoms with E-state index in [1.54, 1.807) is 73.8 Å². The van der Waals surface area contributed by atoms with Crippen molar-refractivity contribution < 1.29 is 23.9 Å². The van der Waals surface area contributed by atoms with Gasteiger partial charge in [0.25, 0.3) is 5.91 Å². The zero-order chi connectivity index (χ0) is 24.5. The number of carbonyl (C=O) groups is 3. The topological polar surface area (TPSA) is 118 Å². The molecule has 0 radical (unpaired) electrons. The van der Waals surface area contributed by atoms with Crippen molar-refractivity contribution >= 4 is 40.5 Å². The van der Waals surface area contributed by atoms with Crippen molar-refractivity contribution in [1.82, 2.24) is 0 Å². The van der Waals surface area contributed by atoms with E-state index in [9.17, 15) is 14.4 Å². The van der Waals surface area contributed by atoms with Gasteiger partial charge in [-0.05, 0) is 66.7 Å². The molecule has 176 valence electrons. The fraction of sp³-hybridized carbons (Fsp3) is 0.160. The van der Waals surface area contributed by atoms with E-state index in [0.29, 0.717) is 39.8 Å². The SMILES string of the molecule is COc1ccc(NC(=O)c2ccc(NCC(=O)Nc3cc(NC(C)=O)ccc3OC)cc2)cc1. The summed E-state index contributed by atoms with van der Waals surface area (Å²) in [5.41, 5.74) is 2.79. The summed E-state index contributed by atoms with van der Waals surface area (Å²) in [7, 11) is 3.07. The number of rotatable bonds is 9. The molecule has 0 aromatic heterocycles. The normalized spacial score (nSPS) is 10.1. The maximum Gasteiger partial charge on any atom is 0.255 e. The monoisotopic (exact) mass is 462 g/mol. The molecule has 0 fully saturated rings. The van der Waals surface area contributed by atoms with Crippen molar-refractivity contribution in [3.05, 3.63) is 72.3 Å². The molecule has 9 heteroatoms. The molecule has 0 heterocycles. The van der Waals surface area contributed by atoms with Crippen molar-refractivity contribution in [3.63, 3.8) is 0 Å². The van der Waals surface area contributed by atoms with Crippen molar-refractivity contribution in [1.29, 1.82) is 0 Å². The lowest BCUT2D eigenvalue weighted by Gasteiger charge is -2.13. The van der Waals surface area contributed by atoms with E-state index in [2.05, 4.69) is 21.3 Å². The molecular formula is C25H26N4O5. The van der Waals surface area contributed by atoms with E-state index in [-0.39, 0.29) is 24.3 Å². The molecule has 34 heavy (non-hydrogen) atoms. The number of ether oxygens (including phenoxy) is 2. The summed E-state index contributed by atoms with van der Waals surface area (Å²) >= 11 is 0. The minimum atomic E-state index is -0.306. The molecule has 0 spiro atoms. The maximum atomic E-state index is 12.4. The first-order valence-electron chi connectivity index (χ1n) is 10.4. The number of methoxy groups -OCH3 is 2. The average Bonchev–Trinajstić information content (AvgIpc) is 2.83. The third-order valence-electron chi connectivity index (χ3n) is 4.74. The van der Waals surface area contributed by atoms with Crippen LogP contribution in [0.3, 0.4) is 0 Å². The van der Waals surface area contributed by atoms with Crippen molar-refractivity contribution in [2.75, 3.05) is 42.0 Å². The van der Waals surface area contributed by atoms with E-state index in [4.69, 9.17) is 9.47 Å². The molecule has 0 saturated heterocycles. The zero-order valence-electron chi connectivity index (χ0n) is 19.1. The lowest BCUT2D eigenvalue weighted by molar-refractivity contribution is -0.115. The van der Waals surface area contributed by atoms with E-state index >= 15 is 0 Å². The highest BCUT2D eigenvalue weighted by Crippen LogP contribution is 2.28. The third kappa shape index (κ3) is 6.73. The Kier molecular flexibility index (Phi) is 8.07. The summed E-state index contributed by atoms with van der Waals surface area (Å²) < 4.78 is 10.4. The molecule has 9 nitrogen and oxygen atoms in total. The Bertz CT molecular complexity index is 1160. The van der Waals surface area contributed by atoms with Gasteiger partial charge in [-0.3, -0.25) is 14.4 Å². The lowest BCUT2D eigenvalue weighted by Crippen LogP contribution is -2.22. The van der Waals surface area contributed by atoms with Gasteiger partial charge in [-0.15, -0.1) is 0 Å². The Morgan fingerprint density at radius 2 is 1.38 bits per heavy atom. The second kappa shape index (κ2) is 11.4. The van der Waals surface area contributed by atoms with Crippen LogP contribution >= 0.6 is 0 Å². The van der Waals surface area contributed by atoms with Crippen LogP contribution in [-0.2, 0) is 9.59 Å². The summed E-state index contributed by atoms with van der Waals surface area (Å²) in [5.74, 6) is 0.400. The molecule has 0 bridgehead atoms. The first-order valence-corrected chi connectivity index (χ1v) is 10.4. The third-order valence-corrected chi connectivity index (χ3v) is 4.74. The van der Waals surface area contributed by atoms with Crippen LogP contribution in [0.5, 0.6) is 11.5 Å². The molecule has 3 amide bonds. The van der Waals surface area contributed by atoms with Gasteiger partial charge in [0, 0.05) is 29.5 Å². The van der Waals surface area contributed by atoms with Gasteiger partial charge in [0.05, 0.1) is 26.5 Å². The standard InChI is InChI=1S/C25H26N4O5/c1-16(30)27-20-10-13-23(34-3)22(14-20)29-24(31)15-26-18-6-4-17(5-7-18)25(32)28-19-8-11-21(33-2)12-9-19/h4-14,26H,15H2,1-3H3,(H,27,30)(H,28,32)(H,29,31). The average molecular weight is 463 g/mol. The Morgan fingerprint density at radius 1 is 0.735 bits per heavy atom. The number of hydrogen-bond acceptors (Lipinski definition) is 6. The van der Waals surface area contributed by atoms with Gasteiger partial charge >= 0.3 is 0 Å². The quantitative estimate of drug-likeness (QED) is 0.382. The van der Waals surface area contributed by atoms with Crippen LogP contribution in [0.4, 0.5) is 22.7 Å². The number of nitrogens with one attached hydrogen (secondary N) is 4. The summed E-state index contributed by atoms with van der Waals surface area (Å²) in [4.78, 5) is 36.1. The van der Waals surface area contributed by atoms with Crippen LogP contribution < -0.4 is 30.7 Å². The molecule has 4 N–H and O–H groups in total. The summed E-state index contributed by atoms with van der Waals surface area (Å²) in [6.07, 6.45) is 0. The van der Waals surface area contributed by atoms with Gasteiger partial charge in [0.1, 0.15) is 11.5 Å². The van der Waals surface area contributed by atoms with Crippen molar-refractivity contribution in [3.8, 4) is 11.5 Å². The van der Waals surface area contributed by atoms with Crippen LogP contribution in [-0.4, -0.2) is 38.5 Å². The highest BCUT2D eigenvalue weighted by atomic mass is 16.5. The predicted octanol–water partition coefficient (Wildman–Crippen LogP) is 3.97. The molecule has 0 aliphatic rings. The van der Waals surface area contributed by atoms with E-state index in [0.717, 1.165) is 0 Å². The van der Waals surface area contributed by atoms with Crippen molar-refractivity contribution in [2.45, 2.75) is 6.92 Å². The van der Waals surface area contributed by atoms with Gasteiger partial charge in [0.2, 0.25) is 11.8 Å². The lowest BCUT2D eigenvalue weighted by atomic mass is 10.2. The summed E-state index contributed by atoms with van der Waals surface area (Å²) in [5, 5.41) is 11.2. The number of carbonyl (C=O) groups excluding carboxylic acids is 3. The molecule has 0 saturated carbocycles. The fourth-order valence-corrected chi connectivity index (χ4v) is 3.08. The number of amides is 3. The Morgan fingerprint density at radius 3 is 2.00 bits per heavy atom. The Labute approximate surface area is 197 Å². The van der Waals surface area contributed by atoms with Gasteiger partial charge < -0.3 is 30.7 Å². The predicted molar refractivity (Wildman–Crippen MR) is 132 cm³/mol. The minimum absolute atomic E-state index is 0.00902. The van der Waals surface area contributed by atoms with Gasteiger partial charge in [-0.1, -0.05) is 0 Å². The van der Waals surface area contributed by atoms with E-state index < -0.39 is 0 Å². The first kappa shape index (κ1) is 24.1. The van der Waals surface area contributed by atoms with Gasteiger partial charge in [-0.25, -0.2) is 0 Å². The second-order valence-electron chi connectivity index (χ2n) is 7.26. The van der Waals surface area contributed by atoms with E-state index in [1.165, 1.54) is 14.0 Å². The molecule has 3 aromatic carbocycles. The molecule has 0 atom stereocenters. The van der Waals surface area contributed by atoms with Gasteiger partial charge in [-0.2, -0.15) is 0 Å². The molecule has 3 rings (SSSR count). The second-order valence-corrected chi connectivity index (χ2v) is 7.26. The van der Waals surface area contributed by atoms with Crippen LogP contribution in [0.25, 0.3) is 0 Å². The van der Waals surface area contributed by atoms with Crippen LogP contribution in [0.2, 0.25) is 0 Å². The maximum absolute atomic E-state index is 12.4. The van der Waals surface area contributed by atoms with Crippen LogP contribution in [0.15, 0.2) is 66.7 Å². The molecule has 3 aromatic rings. The Balaban J connectivity index is 1.55. The largest absolute Gasteiger partial charge is 0.497 e. The highest BCUT2D eigenvalue weighted by Gasteiger charge is 2.10. The fourth-order valence-electron chi connectivity index (χ4n) is 3.08. The molecule has 0 unspecified atom stereocenters. The smallest absolute Gasteiger partial charge is 0.255 e. The highest BCUT2D eigenvalue weighted by molar-refractivity contribution is 6.04. The summed E-state index contributed by atoms with van der Waals surface area (Å²) in [6.45, 7) is 1.39. The number of anilines is 4. The summed E-state index contributed by atoms with van der Waals surface area (Å²) in [6, 6.07) is 18.8. The first-order chi connectivity index (χ1) is 16.4. The van der Waals surface area contributed by atoms with Crippen LogP contribution in [0, 0.1) is 0 Å². The Hall–Kier alpha value is -4.53. The van der Waals surface area contributed by atoms with Crippen LogP contribution in [0.1, 0.15) is 17.3 Å². The van der Waals surface area contributed by atoms with Gasteiger partial charge in [0.15, 0.2) is 0 Å². The number of hydrogen-bond donors (Lipinski definition) is 4. The molecule has 0 aliphatic carbocycles. The molecule has 0 aliphatic heterocycles. The van der Waals surface area contributed by atoms with E-state index in [1.807, 2.05) is 0 Å². The minimum Gasteiger partial charge on any atom is -0.497 e. The molecular weight excluding hydrogens is 436 g/mol. The zero-order valence-corrected chi connectivity index (χ0v) is 19.1. The number of benzene rings is 3.